The normalized spacial score (nSPS) is 10.2. The van der Waals surface area contributed by atoms with E-state index in [1.54, 1.807) is 36.4 Å². The number of carbonyl (C=O) groups excluding carboxylic acids is 1. The van der Waals surface area contributed by atoms with Crippen LogP contribution in [0.25, 0.3) is 11.1 Å². The smallest absolute Gasteiger partial charge is 0.225 e. The number of benzene rings is 2. The quantitative estimate of drug-likeness (QED) is 0.375. The molecule has 1 aromatic heterocycles. The highest BCUT2D eigenvalue weighted by atomic mass is 35.5. The van der Waals surface area contributed by atoms with Crippen LogP contribution in [-0.2, 0) is 4.79 Å². The average Bonchev–Trinajstić information content (AvgIpc) is 2.88. The minimum Gasteiger partial charge on any atom is -0.493 e. The standard InChI is InChI=1S/C25H22ClN5O4S/c1-33-19-10-14(11-20(34-2)23(19)35-3)22-15(12-27)24(29)31-25(16(22)13-28)36-9-8-21(32)30-18-7-5-4-6-17(18)26/h4-7,10-11H,8-9H2,1-3H3,(H2,29,31)(H,30,32). The van der Waals surface area contributed by atoms with E-state index in [9.17, 15) is 15.3 Å². The van der Waals surface area contributed by atoms with Gasteiger partial charge in [0.1, 0.15) is 28.5 Å². The summed E-state index contributed by atoms with van der Waals surface area (Å²) in [6, 6.07) is 14.3. The fourth-order valence-corrected chi connectivity index (χ4v) is 4.55. The van der Waals surface area contributed by atoms with E-state index in [0.29, 0.717) is 44.3 Å². The molecule has 184 valence electrons. The van der Waals surface area contributed by atoms with Crippen LogP contribution in [0.3, 0.4) is 0 Å². The van der Waals surface area contributed by atoms with Crippen molar-refractivity contribution in [3.05, 3.63) is 52.5 Å². The number of nitrogens with zero attached hydrogens (tertiary/aromatic N) is 3. The van der Waals surface area contributed by atoms with Gasteiger partial charge in [0.2, 0.25) is 11.7 Å². The van der Waals surface area contributed by atoms with E-state index < -0.39 is 0 Å². The molecule has 3 aromatic rings. The molecule has 3 N–H and O–H groups in total. The maximum absolute atomic E-state index is 12.4. The highest BCUT2D eigenvalue weighted by Gasteiger charge is 2.23. The number of para-hydroxylation sites is 1. The van der Waals surface area contributed by atoms with Gasteiger partial charge in [0.25, 0.3) is 0 Å². The highest BCUT2D eigenvalue weighted by Crippen LogP contribution is 2.44. The molecule has 0 radical (unpaired) electrons. The van der Waals surface area contributed by atoms with Crippen LogP contribution in [0.5, 0.6) is 17.2 Å². The molecule has 1 amide bonds. The summed E-state index contributed by atoms with van der Waals surface area (Å²) in [6.45, 7) is 0. The summed E-state index contributed by atoms with van der Waals surface area (Å²) < 4.78 is 16.2. The largest absolute Gasteiger partial charge is 0.493 e. The van der Waals surface area contributed by atoms with Crippen molar-refractivity contribution in [3.8, 4) is 40.5 Å². The van der Waals surface area contributed by atoms with Gasteiger partial charge in [-0.1, -0.05) is 23.7 Å². The summed E-state index contributed by atoms with van der Waals surface area (Å²) in [7, 11) is 4.41. The second-order valence-corrected chi connectivity index (χ2v) is 8.68. The Morgan fingerprint density at radius 3 is 2.28 bits per heavy atom. The number of methoxy groups -OCH3 is 3. The number of nitrogens with two attached hydrogens (primary N) is 1. The number of rotatable bonds is 9. The summed E-state index contributed by atoms with van der Waals surface area (Å²) in [6.07, 6.45) is 0.127. The van der Waals surface area contributed by atoms with E-state index in [0.717, 1.165) is 0 Å². The molecule has 0 aliphatic heterocycles. The van der Waals surface area contributed by atoms with Crippen molar-refractivity contribution in [1.82, 2.24) is 4.98 Å². The SMILES string of the molecule is COc1cc(-c2c(C#N)c(N)nc(SCCC(=O)Nc3ccccc3Cl)c2C#N)cc(OC)c1OC. The van der Waals surface area contributed by atoms with Crippen molar-refractivity contribution in [2.45, 2.75) is 11.4 Å². The lowest BCUT2D eigenvalue weighted by atomic mass is 9.96. The van der Waals surface area contributed by atoms with Crippen molar-refractivity contribution in [2.75, 3.05) is 38.1 Å². The molecule has 0 bridgehead atoms. The van der Waals surface area contributed by atoms with Gasteiger partial charge in [-0.25, -0.2) is 4.98 Å². The number of amides is 1. The molecule has 0 unspecified atom stereocenters. The lowest BCUT2D eigenvalue weighted by molar-refractivity contribution is -0.115. The van der Waals surface area contributed by atoms with Gasteiger partial charge >= 0.3 is 0 Å². The fourth-order valence-electron chi connectivity index (χ4n) is 3.43. The van der Waals surface area contributed by atoms with Crippen molar-refractivity contribution < 1.29 is 19.0 Å². The molecule has 0 saturated carbocycles. The Kier molecular flexibility index (Phi) is 8.85. The van der Waals surface area contributed by atoms with Gasteiger partial charge in [0, 0.05) is 17.7 Å². The summed E-state index contributed by atoms with van der Waals surface area (Å²) in [5.41, 5.74) is 7.55. The van der Waals surface area contributed by atoms with E-state index in [2.05, 4.69) is 16.4 Å². The number of nitrogens with one attached hydrogen (secondary N) is 1. The summed E-state index contributed by atoms with van der Waals surface area (Å²) in [5.74, 6) is 1.07. The molecule has 0 spiro atoms. The molecular formula is C25H22ClN5O4S. The molecule has 0 aliphatic rings. The Morgan fingerprint density at radius 1 is 1.08 bits per heavy atom. The number of hydrogen-bond donors (Lipinski definition) is 2. The Bertz CT molecular complexity index is 1360. The van der Waals surface area contributed by atoms with Crippen molar-refractivity contribution in [2.24, 2.45) is 0 Å². The zero-order valence-electron chi connectivity index (χ0n) is 19.7. The molecular weight excluding hydrogens is 502 g/mol. The van der Waals surface area contributed by atoms with Gasteiger partial charge in [-0.15, -0.1) is 11.8 Å². The second-order valence-electron chi connectivity index (χ2n) is 7.19. The van der Waals surface area contributed by atoms with Crippen LogP contribution in [0.1, 0.15) is 17.5 Å². The van der Waals surface area contributed by atoms with Crippen LogP contribution in [0.4, 0.5) is 11.5 Å². The first-order valence-corrected chi connectivity index (χ1v) is 11.9. The minimum absolute atomic E-state index is 0.0386. The lowest BCUT2D eigenvalue weighted by Gasteiger charge is -2.17. The molecule has 9 nitrogen and oxygen atoms in total. The third-order valence-electron chi connectivity index (χ3n) is 5.08. The maximum atomic E-state index is 12.4. The van der Waals surface area contributed by atoms with Gasteiger partial charge in [-0.3, -0.25) is 4.79 Å². The first kappa shape index (κ1) is 26.5. The number of hydrogen-bond acceptors (Lipinski definition) is 9. The monoisotopic (exact) mass is 523 g/mol. The van der Waals surface area contributed by atoms with Gasteiger partial charge in [-0.2, -0.15) is 10.5 Å². The molecule has 36 heavy (non-hydrogen) atoms. The summed E-state index contributed by atoms with van der Waals surface area (Å²) in [5, 5.41) is 23.3. The Hall–Kier alpha value is -4.12. The Balaban J connectivity index is 1.96. The first-order chi connectivity index (χ1) is 17.4. The van der Waals surface area contributed by atoms with Crippen molar-refractivity contribution >= 4 is 40.8 Å². The third-order valence-corrected chi connectivity index (χ3v) is 6.39. The third kappa shape index (κ3) is 5.57. The average molecular weight is 524 g/mol. The van der Waals surface area contributed by atoms with Crippen LogP contribution in [0.2, 0.25) is 5.02 Å². The summed E-state index contributed by atoms with van der Waals surface area (Å²) >= 11 is 7.27. The number of pyridine rings is 1. The zero-order chi connectivity index (χ0) is 26.2. The first-order valence-electron chi connectivity index (χ1n) is 10.5. The molecule has 11 heteroatoms. The Labute approximate surface area is 217 Å². The number of halogens is 1. The number of ether oxygens (including phenoxy) is 3. The molecule has 1 heterocycles. The second kappa shape index (κ2) is 12.0. The van der Waals surface area contributed by atoms with Crippen LogP contribution >= 0.6 is 23.4 Å². The van der Waals surface area contributed by atoms with Crippen molar-refractivity contribution in [1.29, 1.82) is 10.5 Å². The molecule has 0 fully saturated rings. The predicted octanol–water partition coefficient (Wildman–Crippen LogP) is 4.87. The number of nitriles is 2. The van der Waals surface area contributed by atoms with Crippen LogP contribution < -0.4 is 25.3 Å². The van der Waals surface area contributed by atoms with Crippen LogP contribution in [0.15, 0.2) is 41.4 Å². The van der Waals surface area contributed by atoms with E-state index in [1.165, 1.54) is 33.1 Å². The van der Waals surface area contributed by atoms with E-state index in [4.69, 9.17) is 31.5 Å². The molecule has 0 saturated heterocycles. The van der Waals surface area contributed by atoms with Crippen LogP contribution in [0, 0.1) is 22.7 Å². The van der Waals surface area contributed by atoms with Gasteiger partial charge < -0.3 is 25.3 Å². The zero-order valence-corrected chi connectivity index (χ0v) is 21.3. The highest BCUT2D eigenvalue weighted by molar-refractivity contribution is 7.99. The molecule has 0 atom stereocenters. The van der Waals surface area contributed by atoms with Gasteiger partial charge in [0.15, 0.2) is 11.5 Å². The number of aromatic nitrogens is 1. The molecule has 3 rings (SSSR count). The Morgan fingerprint density at radius 2 is 1.72 bits per heavy atom. The lowest BCUT2D eigenvalue weighted by Crippen LogP contribution is -2.12. The number of nitrogen functional groups attached to an aromatic ring is 1. The topological polar surface area (TPSA) is 143 Å². The predicted molar refractivity (Wildman–Crippen MR) is 139 cm³/mol. The number of thioether (sulfide) groups is 1. The minimum atomic E-state index is -0.249. The molecule has 0 aliphatic carbocycles. The van der Waals surface area contributed by atoms with E-state index in [-0.39, 0.29) is 34.8 Å². The van der Waals surface area contributed by atoms with Crippen molar-refractivity contribution in [3.63, 3.8) is 0 Å². The van der Waals surface area contributed by atoms with E-state index >= 15 is 0 Å². The maximum Gasteiger partial charge on any atom is 0.225 e. The van der Waals surface area contributed by atoms with E-state index in [1.807, 2.05) is 6.07 Å². The van der Waals surface area contributed by atoms with Crippen LogP contribution in [-0.4, -0.2) is 38.0 Å². The summed E-state index contributed by atoms with van der Waals surface area (Å²) in [4.78, 5) is 16.7. The van der Waals surface area contributed by atoms with Gasteiger partial charge in [-0.05, 0) is 29.8 Å². The van der Waals surface area contributed by atoms with Gasteiger partial charge in [0.05, 0.1) is 37.6 Å². The number of anilines is 2. The molecule has 2 aromatic carbocycles. The fraction of sp³-hybridized carbons (Fsp3) is 0.200. The number of carbonyl (C=O) groups is 1.